The van der Waals surface area contributed by atoms with Crippen LogP contribution in [0.2, 0.25) is 0 Å². The summed E-state index contributed by atoms with van der Waals surface area (Å²) in [6.45, 7) is 0. The Morgan fingerprint density at radius 1 is 1.06 bits per heavy atom. The van der Waals surface area contributed by atoms with Crippen molar-refractivity contribution in [2.45, 2.75) is 0 Å². The average molecular weight is 402 g/mol. The van der Waals surface area contributed by atoms with Gasteiger partial charge in [0, 0.05) is 13.6 Å². The van der Waals surface area contributed by atoms with Crippen LogP contribution in [-0.2, 0) is 0 Å². The molecule has 2 aromatic carbocycles. The second kappa shape index (κ2) is 5.64. The van der Waals surface area contributed by atoms with Crippen LogP contribution in [0.15, 0.2) is 53.0 Å². The topological polar surface area (TPSA) is 29.1 Å². The van der Waals surface area contributed by atoms with Gasteiger partial charge in [0.25, 0.3) is 5.91 Å². The van der Waals surface area contributed by atoms with Crippen LogP contribution >= 0.6 is 38.5 Å². The minimum absolute atomic E-state index is 0.0957. The zero-order valence-electron chi connectivity index (χ0n) is 8.78. The molecule has 2 nitrogen and oxygen atoms in total. The summed E-state index contributed by atoms with van der Waals surface area (Å²) in [5, 5.41) is 2.88. The van der Waals surface area contributed by atoms with Gasteiger partial charge in [-0.2, -0.15) is 0 Å². The van der Waals surface area contributed by atoms with E-state index in [0.29, 0.717) is 5.56 Å². The number of anilines is 1. The van der Waals surface area contributed by atoms with Gasteiger partial charge in [0.05, 0.1) is 5.69 Å². The summed E-state index contributed by atoms with van der Waals surface area (Å²) in [6, 6.07) is 15.0. The summed E-state index contributed by atoms with van der Waals surface area (Å²) in [4.78, 5) is 11.9. The fraction of sp³-hybridized carbons (Fsp3) is 0. The van der Waals surface area contributed by atoms with Crippen LogP contribution in [0.3, 0.4) is 0 Å². The van der Waals surface area contributed by atoms with Crippen LogP contribution in [0.4, 0.5) is 5.69 Å². The minimum atomic E-state index is -0.0957. The highest BCUT2D eigenvalue weighted by Crippen LogP contribution is 2.18. The first kappa shape index (κ1) is 12.6. The van der Waals surface area contributed by atoms with Crippen LogP contribution in [-0.4, -0.2) is 5.91 Å². The van der Waals surface area contributed by atoms with E-state index < -0.39 is 0 Å². The number of benzene rings is 2. The van der Waals surface area contributed by atoms with E-state index in [0.717, 1.165) is 13.7 Å². The molecule has 0 aliphatic rings. The van der Waals surface area contributed by atoms with Crippen LogP contribution < -0.4 is 5.32 Å². The molecule has 0 heterocycles. The van der Waals surface area contributed by atoms with Gasteiger partial charge in [-0.1, -0.05) is 28.1 Å². The summed E-state index contributed by atoms with van der Waals surface area (Å²) >= 11 is 5.54. The fourth-order valence-electron chi connectivity index (χ4n) is 1.36. The molecule has 0 unspecified atom stereocenters. The summed E-state index contributed by atoms with van der Waals surface area (Å²) in [6.07, 6.45) is 0. The fourth-order valence-corrected chi connectivity index (χ4v) is 2.14. The summed E-state index contributed by atoms with van der Waals surface area (Å²) in [7, 11) is 0. The molecule has 86 valence electrons. The normalized spacial score (nSPS) is 10.0. The first-order valence-electron chi connectivity index (χ1n) is 4.98. The molecular weight excluding hydrogens is 393 g/mol. The molecule has 2 rings (SSSR count). The second-order valence-electron chi connectivity index (χ2n) is 3.44. The monoisotopic (exact) mass is 401 g/mol. The predicted octanol–water partition coefficient (Wildman–Crippen LogP) is 4.31. The first-order chi connectivity index (χ1) is 8.16. The molecule has 1 N–H and O–H groups in total. The Morgan fingerprint density at radius 3 is 2.35 bits per heavy atom. The number of rotatable bonds is 2. The number of carbonyl (C=O) groups is 1. The summed E-state index contributed by atoms with van der Waals surface area (Å²) in [5.41, 5.74) is 1.48. The molecule has 0 aliphatic heterocycles. The Hall–Kier alpha value is -0.880. The van der Waals surface area contributed by atoms with Crippen LogP contribution in [0.5, 0.6) is 0 Å². The number of hydrogen-bond acceptors (Lipinski definition) is 1. The molecule has 0 bridgehead atoms. The highest BCUT2D eigenvalue weighted by molar-refractivity contribution is 14.1. The zero-order chi connectivity index (χ0) is 12.3. The Bertz CT molecular complexity index is 539. The Kier molecular flexibility index (Phi) is 4.17. The molecule has 0 saturated carbocycles. The van der Waals surface area contributed by atoms with Gasteiger partial charge < -0.3 is 5.32 Å². The summed E-state index contributed by atoms with van der Waals surface area (Å²) in [5.74, 6) is -0.0957. The van der Waals surface area contributed by atoms with Crippen molar-refractivity contribution in [1.82, 2.24) is 0 Å². The van der Waals surface area contributed by atoms with Gasteiger partial charge >= 0.3 is 0 Å². The molecule has 0 atom stereocenters. The molecule has 2 aromatic rings. The lowest BCUT2D eigenvalue weighted by atomic mass is 10.2. The molecule has 0 aromatic heterocycles. The molecule has 4 heteroatoms. The molecule has 17 heavy (non-hydrogen) atoms. The smallest absolute Gasteiger partial charge is 0.255 e. The van der Waals surface area contributed by atoms with Crippen molar-refractivity contribution in [3.05, 3.63) is 62.1 Å². The number of para-hydroxylation sites is 1. The van der Waals surface area contributed by atoms with E-state index in [2.05, 4.69) is 43.8 Å². The predicted molar refractivity (Wildman–Crippen MR) is 81.3 cm³/mol. The maximum Gasteiger partial charge on any atom is 0.255 e. The van der Waals surface area contributed by atoms with Crippen LogP contribution in [0.1, 0.15) is 10.4 Å². The van der Waals surface area contributed by atoms with Crippen molar-refractivity contribution < 1.29 is 4.79 Å². The van der Waals surface area contributed by atoms with Crippen molar-refractivity contribution in [3.63, 3.8) is 0 Å². The number of amides is 1. The largest absolute Gasteiger partial charge is 0.321 e. The van der Waals surface area contributed by atoms with Crippen molar-refractivity contribution in [1.29, 1.82) is 0 Å². The molecule has 0 fully saturated rings. The van der Waals surface area contributed by atoms with Gasteiger partial charge in [-0.25, -0.2) is 0 Å². The average Bonchev–Trinajstić information content (AvgIpc) is 2.33. The van der Waals surface area contributed by atoms with Crippen LogP contribution in [0, 0.1) is 3.57 Å². The van der Waals surface area contributed by atoms with Gasteiger partial charge in [0.2, 0.25) is 0 Å². The van der Waals surface area contributed by atoms with Crippen LogP contribution in [0.25, 0.3) is 0 Å². The molecule has 0 radical (unpaired) electrons. The number of halogens is 2. The maximum atomic E-state index is 11.9. The van der Waals surface area contributed by atoms with E-state index in [4.69, 9.17) is 0 Å². The quantitative estimate of drug-likeness (QED) is 0.746. The SMILES string of the molecule is O=C(Nc1ccccc1I)c1ccc(Br)cc1. The van der Waals surface area contributed by atoms with Crippen molar-refractivity contribution >= 4 is 50.1 Å². The molecule has 1 amide bonds. The van der Waals surface area contributed by atoms with Gasteiger partial charge in [-0.3, -0.25) is 4.79 Å². The number of hydrogen-bond donors (Lipinski definition) is 1. The van der Waals surface area contributed by atoms with E-state index in [1.54, 1.807) is 12.1 Å². The molecule has 0 spiro atoms. The number of carbonyl (C=O) groups excluding carboxylic acids is 1. The van der Waals surface area contributed by atoms with Crippen molar-refractivity contribution in [2.75, 3.05) is 5.32 Å². The van der Waals surface area contributed by atoms with E-state index >= 15 is 0 Å². The Morgan fingerprint density at radius 2 is 1.71 bits per heavy atom. The highest BCUT2D eigenvalue weighted by atomic mass is 127. The van der Waals surface area contributed by atoms with Crippen molar-refractivity contribution in [2.24, 2.45) is 0 Å². The van der Waals surface area contributed by atoms with E-state index in [1.807, 2.05) is 36.4 Å². The lowest BCUT2D eigenvalue weighted by Gasteiger charge is -2.07. The Balaban J connectivity index is 2.17. The minimum Gasteiger partial charge on any atom is -0.321 e. The van der Waals surface area contributed by atoms with E-state index in [1.165, 1.54) is 0 Å². The van der Waals surface area contributed by atoms with Gasteiger partial charge in [0.1, 0.15) is 0 Å². The van der Waals surface area contributed by atoms with Gasteiger partial charge in [-0.15, -0.1) is 0 Å². The molecule has 0 aliphatic carbocycles. The molecular formula is C13H9BrINO. The second-order valence-corrected chi connectivity index (χ2v) is 5.52. The third-order valence-corrected chi connectivity index (χ3v) is 3.70. The number of nitrogens with one attached hydrogen (secondary N) is 1. The lowest BCUT2D eigenvalue weighted by molar-refractivity contribution is 0.102. The summed E-state index contributed by atoms with van der Waals surface area (Å²) < 4.78 is 1.99. The van der Waals surface area contributed by atoms with Gasteiger partial charge in [0.15, 0.2) is 0 Å². The van der Waals surface area contributed by atoms with E-state index in [9.17, 15) is 4.79 Å². The third-order valence-electron chi connectivity index (χ3n) is 2.23. The van der Waals surface area contributed by atoms with Gasteiger partial charge in [-0.05, 0) is 59.0 Å². The molecule has 0 saturated heterocycles. The van der Waals surface area contributed by atoms with Crippen molar-refractivity contribution in [3.8, 4) is 0 Å². The zero-order valence-corrected chi connectivity index (χ0v) is 12.5. The standard InChI is InChI=1S/C13H9BrINO/c14-10-7-5-9(6-8-10)13(17)16-12-4-2-1-3-11(12)15/h1-8H,(H,16,17). The highest BCUT2D eigenvalue weighted by Gasteiger charge is 2.07. The van der Waals surface area contributed by atoms with E-state index in [-0.39, 0.29) is 5.91 Å². The third kappa shape index (κ3) is 3.29. The first-order valence-corrected chi connectivity index (χ1v) is 6.85. The Labute approximate surface area is 122 Å². The lowest BCUT2D eigenvalue weighted by Crippen LogP contribution is -2.12. The maximum absolute atomic E-state index is 11.9.